The van der Waals surface area contributed by atoms with E-state index < -0.39 is 4.92 Å². The molecule has 0 radical (unpaired) electrons. The van der Waals surface area contributed by atoms with Crippen molar-refractivity contribution in [3.05, 3.63) is 33.3 Å². The van der Waals surface area contributed by atoms with Crippen LogP contribution in [-0.2, 0) is 4.74 Å². The summed E-state index contributed by atoms with van der Waals surface area (Å²) in [6.07, 6.45) is 1.41. The predicted molar refractivity (Wildman–Crippen MR) is 80.0 cm³/mol. The highest BCUT2D eigenvalue weighted by atomic mass is 35.5. The summed E-state index contributed by atoms with van der Waals surface area (Å²) in [7, 11) is 1.61. The summed E-state index contributed by atoms with van der Waals surface area (Å²) in [5, 5.41) is 14.6. The molecule has 116 valence electrons. The molecule has 0 saturated heterocycles. The first kappa shape index (κ1) is 16.0. The fraction of sp³-hybridized carbons (Fsp3) is 0.571. The molecule has 0 aromatic heterocycles. The van der Waals surface area contributed by atoms with Crippen molar-refractivity contribution >= 4 is 17.3 Å². The standard InChI is InChI=1S/C14H19ClN2O4/c1-3-7-16-10-8-12(14(10)20-2)21-13-9(15)5-4-6-11(13)17(18)19/h4-6,10,12,14,16H,3,7-8H2,1-2H3. The number of methoxy groups -OCH3 is 1. The van der Waals surface area contributed by atoms with E-state index in [2.05, 4.69) is 12.2 Å². The number of nitrogens with one attached hydrogen (secondary N) is 1. The third-order valence-electron chi connectivity index (χ3n) is 3.59. The van der Waals surface area contributed by atoms with E-state index in [1.807, 2.05) is 0 Å². The van der Waals surface area contributed by atoms with Gasteiger partial charge in [-0.3, -0.25) is 10.1 Å². The maximum atomic E-state index is 11.0. The number of para-hydroxylation sites is 1. The number of halogens is 1. The van der Waals surface area contributed by atoms with Gasteiger partial charge in [0, 0.05) is 25.6 Å². The second-order valence-electron chi connectivity index (χ2n) is 5.00. The second-order valence-corrected chi connectivity index (χ2v) is 5.41. The number of nitro groups is 1. The summed E-state index contributed by atoms with van der Waals surface area (Å²) in [4.78, 5) is 10.6. The Labute approximate surface area is 128 Å². The fourth-order valence-electron chi connectivity index (χ4n) is 2.45. The summed E-state index contributed by atoms with van der Waals surface area (Å²) >= 11 is 6.02. The number of hydrogen-bond acceptors (Lipinski definition) is 5. The Morgan fingerprint density at radius 3 is 2.90 bits per heavy atom. The topological polar surface area (TPSA) is 73.6 Å². The molecule has 2 rings (SSSR count). The van der Waals surface area contributed by atoms with E-state index in [0.29, 0.717) is 0 Å². The minimum absolute atomic E-state index is 0.116. The first-order valence-corrected chi connectivity index (χ1v) is 7.32. The van der Waals surface area contributed by atoms with Crippen molar-refractivity contribution in [2.45, 2.75) is 38.0 Å². The van der Waals surface area contributed by atoms with Gasteiger partial charge in [-0.05, 0) is 19.0 Å². The summed E-state index contributed by atoms with van der Waals surface area (Å²) in [5.41, 5.74) is -0.123. The lowest BCUT2D eigenvalue weighted by Crippen LogP contribution is -2.61. The monoisotopic (exact) mass is 314 g/mol. The van der Waals surface area contributed by atoms with Crippen LogP contribution in [0.15, 0.2) is 18.2 Å². The van der Waals surface area contributed by atoms with Crippen molar-refractivity contribution in [3.8, 4) is 5.75 Å². The van der Waals surface area contributed by atoms with Crippen molar-refractivity contribution in [3.63, 3.8) is 0 Å². The van der Waals surface area contributed by atoms with Crippen LogP contribution in [0.1, 0.15) is 19.8 Å². The molecule has 1 fully saturated rings. The zero-order valence-electron chi connectivity index (χ0n) is 12.0. The number of rotatable bonds is 7. The Bertz CT molecular complexity index is 512. The SMILES string of the molecule is CCCNC1CC(Oc2c(Cl)cccc2[N+](=O)[O-])C1OC. The highest BCUT2D eigenvalue weighted by molar-refractivity contribution is 6.32. The van der Waals surface area contributed by atoms with Crippen LogP contribution in [0.5, 0.6) is 5.75 Å². The Morgan fingerprint density at radius 1 is 1.52 bits per heavy atom. The zero-order valence-corrected chi connectivity index (χ0v) is 12.8. The smallest absolute Gasteiger partial charge is 0.312 e. The van der Waals surface area contributed by atoms with E-state index in [4.69, 9.17) is 21.1 Å². The third kappa shape index (κ3) is 3.45. The summed E-state index contributed by atoms with van der Waals surface area (Å²) in [5.74, 6) is 0.116. The zero-order chi connectivity index (χ0) is 15.4. The molecule has 1 aliphatic rings. The summed E-state index contributed by atoms with van der Waals surface area (Å²) in [6, 6.07) is 4.71. The van der Waals surface area contributed by atoms with Gasteiger partial charge >= 0.3 is 5.69 Å². The van der Waals surface area contributed by atoms with E-state index in [9.17, 15) is 10.1 Å². The summed E-state index contributed by atoms with van der Waals surface area (Å²) < 4.78 is 11.2. The molecule has 21 heavy (non-hydrogen) atoms. The Hall–Kier alpha value is -1.37. The number of ether oxygens (including phenoxy) is 2. The molecule has 7 heteroatoms. The molecule has 0 bridgehead atoms. The first-order chi connectivity index (χ1) is 10.1. The fourth-order valence-corrected chi connectivity index (χ4v) is 2.67. The van der Waals surface area contributed by atoms with Crippen molar-refractivity contribution in [1.29, 1.82) is 0 Å². The van der Waals surface area contributed by atoms with Crippen LogP contribution < -0.4 is 10.1 Å². The molecule has 1 aromatic rings. The van der Waals surface area contributed by atoms with Gasteiger partial charge in [0.2, 0.25) is 5.75 Å². The van der Waals surface area contributed by atoms with E-state index in [1.54, 1.807) is 13.2 Å². The summed E-state index contributed by atoms with van der Waals surface area (Å²) in [6.45, 7) is 3.00. The lowest BCUT2D eigenvalue weighted by Gasteiger charge is -2.43. The minimum Gasteiger partial charge on any atom is -0.480 e. The van der Waals surface area contributed by atoms with Crippen LogP contribution in [0.25, 0.3) is 0 Å². The lowest BCUT2D eigenvalue weighted by molar-refractivity contribution is -0.386. The maximum absolute atomic E-state index is 11.0. The Kier molecular flexibility index (Phi) is 5.39. The molecular weight excluding hydrogens is 296 g/mol. The third-order valence-corrected chi connectivity index (χ3v) is 3.89. The number of nitro benzene ring substituents is 1. The van der Waals surface area contributed by atoms with Gasteiger partial charge in [0.15, 0.2) is 0 Å². The molecule has 3 unspecified atom stereocenters. The van der Waals surface area contributed by atoms with Crippen LogP contribution in [0, 0.1) is 10.1 Å². The van der Waals surface area contributed by atoms with E-state index in [0.717, 1.165) is 19.4 Å². The number of benzene rings is 1. The second kappa shape index (κ2) is 7.06. The maximum Gasteiger partial charge on any atom is 0.312 e. The average Bonchev–Trinajstić information content (AvgIpc) is 2.43. The molecule has 0 amide bonds. The molecule has 0 aliphatic heterocycles. The van der Waals surface area contributed by atoms with Crippen molar-refractivity contribution in [2.75, 3.05) is 13.7 Å². The largest absolute Gasteiger partial charge is 0.480 e. The van der Waals surface area contributed by atoms with Gasteiger partial charge in [0.05, 0.1) is 9.95 Å². The van der Waals surface area contributed by atoms with Gasteiger partial charge < -0.3 is 14.8 Å². The van der Waals surface area contributed by atoms with Crippen molar-refractivity contribution in [2.24, 2.45) is 0 Å². The van der Waals surface area contributed by atoms with E-state index in [-0.39, 0.29) is 34.7 Å². The predicted octanol–water partition coefficient (Wildman–Crippen LogP) is 2.78. The van der Waals surface area contributed by atoms with Crippen molar-refractivity contribution in [1.82, 2.24) is 5.32 Å². The number of nitrogens with zero attached hydrogens (tertiary/aromatic N) is 1. The van der Waals surface area contributed by atoms with E-state index in [1.165, 1.54) is 12.1 Å². The van der Waals surface area contributed by atoms with Gasteiger partial charge in [-0.25, -0.2) is 0 Å². The number of hydrogen-bond donors (Lipinski definition) is 1. The molecule has 3 atom stereocenters. The molecule has 0 heterocycles. The quantitative estimate of drug-likeness (QED) is 0.619. The average molecular weight is 315 g/mol. The Balaban J connectivity index is 2.08. The van der Waals surface area contributed by atoms with Gasteiger partial charge in [-0.2, -0.15) is 0 Å². The van der Waals surface area contributed by atoms with Gasteiger partial charge in [-0.15, -0.1) is 0 Å². The highest BCUT2D eigenvalue weighted by Crippen LogP contribution is 2.38. The molecule has 1 aliphatic carbocycles. The molecule has 1 N–H and O–H groups in total. The van der Waals surface area contributed by atoms with Crippen LogP contribution in [0.3, 0.4) is 0 Å². The molecule has 0 spiro atoms. The first-order valence-electron chi connectivity index (χ1n) is 6.94. The van der Waals surface area contributed by atoms with Crippen LogP contribution in [0.2, 0.25) is 5.02 Å². The van der Waals surface area contributed by atoms with Crippen LogP contribution in [-0.4, -0.2) is 36.8 Å². The lowest BCUT2D eigenvalue weighted by atomic mass is 9.85. The van der Waals surface area contributed by atoms with Crippen molar-refractivity contribution < 1.29 is 14.4 Å². The molecular formula is C14H19ClN2O4. The van der Waals surface area contributed by atoms with Gasteiger partial charge in [-0.1, -0.05) is 24.6 Å². The van der Waals surface area contributed by atoms with Gasteiger partial charge in [0.25, 0.3) is 0 Å². The molecule has 6 nitrogen and oxygen atoms in total. The van der Waals surface area contributed by atoms with E-state index >= 15 is 0 Å². The molecule has 1 aromatic carbocycles. The van der Waals surface area contributed by atoms with Crippen LogP contribution in [0.4, 0.5) is 5.69 Å². The Morgan fingerprint density at radius 2 is 2.29 bits per heavy atom. The minimum atomic E-state index is -0.492. The van der Waals surface area contributed by atoms with Gasteiger partial charge in [0.1, 0.15) is 12.2 Å². The van der Waals surface area contributed by atoms with Crippen LogP contribution >= 0.6 is 11.6 Å². The highest BCUT2D eigenvalue weighted by Gasteiger charge is 2.44. The normalized spacial score (nSPS) is 24.4. The molecule has 1 saturated carbocycles.